The molecule has 0 saturated carbocycles. The van der Waals surface area contributed by atoms with Crippen LogP contribution in [0.4, 0.5) is 11.6 Å². The van der Waals surface area contributed by atoms with Crippen molar-refractivity contribution < 1.29 is 28.7 Å². The monoisotopic (exact) mass is 817 g/mol. The Morgan fingerprint density at radius 1 is 0.754 bits per heavy atom. The van der Waals surface area contributed by atoms with Gasteiger partial charge in [0.2, 0.25) is 17.7 Å². The first-order chi connectivity index (χ1) is 26.4. The topological polar surface area (TPSA) is 145 Å². The van der Waals surface area contributed by atoms with Crippen molar-refractivity contribution in [1.82, 2.24) is 25.1 Å². The number of benzene rings is 2. The van der Waals surface area contributed by atoms with Crippen LogP contribution < -0.4 is 15.1 Å². The SMILES string of the molecule is C.C.CC(C)N1CC(=O)N(Cc2ccc(Cl)cc2)C2(CC(=O)N(c3ccccn3)C2)C1=O.COC(=O)C1(NCc2ccc(Cl)cc2)CC(=O)N(c2ccccn2)C1. The number of aromatic nitrogens is 2. The highest BCUT2D eigenvalue weighted by molar-refractivity contribution is 6.30. The highest BCUT2D eigenvalue weighted by atomic mass is 35.5. The molecule has 13 nitrogen and oxygen atoms in total. The Labute approximate surface area is 343 Å². The van der Waals surface area contributed by atoms with Crippen LogP contribution in [0.1, 0.15) is 52.7 Å². The van der Waals surface area contributed by atoms with E-state index in [1.807, 2.05) is 38.1 Å². The molecule has 0 radical (unpaired) electrons. The molecular formula is C42H49Cl2N7O6. The molecule has 2 atom stereocenters. The van der Waals surface area contributed by atoms with Crippen molar-refractivity contribution in [3.05, 3.63) is 118 Å². The van der Waals surface area contributed by atoms with Crippen molar-refractivity contribution in [2.24, 2.45) is 0 Å². The second kappa shape index (κ2) is 18.7. The highest BCUT2D eigenvalue weighted by Crippen LogP contribution is 2.38. The number of piperazine rings is 1. The van der Waals surface area contributed by atoms with Crippen LogP contribution in [0.15, 0.2) is 97.3 Å². The minimum atomic E-state index is -1.26. The van der Waals surface area contributed by atoms with Gasteiger partial charge in [0.1, 0.15) is 29.3 Å². The van der Waals surface area contributed by atoms with Crippen LogP contribution in [0.25, 0.3) is 0 Å². The average Bonchev–Trinajstić information content (AvgIpc) is 3.73. The molecule has 4 amide bonds. The molecule has 3 fully saturated rings. The zero-order chi connectivity index (χ0) is 39.3. The Morgan fingerprint density at radius 2 is 1.28 bits per heavy atom. The summed E-state index contributed by atoms with van der Waals surface area (Å²) in [7, 11) is 1.32. The maximum absolute atomic E-state index is 13.6. The summed E-state index contributed by atoms with van der Waals surface area (Å²) >= 11 is 11.9. The number of hydrogen-bond donors (Lipinski definition) is 1. The normalized spacial score (nSPS) is 20.3. The Morgan fingerprint density at radius 3 is 1.79 bits per heavy atom. The van der Waals surface area contributed by atoms with Gasteiger partial charge in [0.15, 0.2) is 0 Å². The first-order valence-corrected chi connectivity index (χ1v) is 18.5. The molecule has 2 aromatic carbocycles. The lowest BCUT2D eigenvalue weighted by Gasteiger charge is -2.48. The third-order valence-electron chi connectivity index (χ3n) is 9.98. The van der Waals surface area contributed by atoms with Gasteiger partial charge in [-0.3, -0.25) is 34.3 Å². The summed E-state index contributed by atoms with van der Waals surface area (Å²) in [6.07, 6.45) is 3.17. The van der Waals surface area contributed by atoms with E-state index in [1.165, 1.54) is 16.9 Å². The van der Waals surface area contributed by atoms with Gasteiger partial charge in [-0.15, -0.1) is 0 Å². The molecule has 15 heteroatoms. The van der Waals surface area contributed by atoms with Crippen molar-refractivity contribution in [3.63, 3.8) is 0 Å². The van der Waals surface area contributed by atoms with Gasteiger partial charge >= 0.3 is 5.97 Å². The van der Waals surface area contributed by atoms with Gasteiger partial charge in [-0.05, 0) is 73.5 Å². The number of pyridine rings is 2. The number of nitrogens with zero attached hydrogens (tertiary/aromatic N) is 6. The lowest BCUT2D eigenvalue weighted by atomic mass is 9.89. The number of carbonyl (C=O) groups excluding carboxylic acids is 5. The number of halogens is 2. The van der Waals surface area contributed by atoms with Crippen molar-refractivity contribution in [1.29, 1.82) is 0 Å². The molecule has 0 bridgehead atoms. The molecule has 57 heavy (non-hydrogen) atoms. The zero-order valence-electron chi connectivity index (χ0n) is 30.7. The molecule has 3 saturated heterocycles. The molecule has 5 heterocycles. The zero-order valence-corrected chi connectivity index (χ0v) is 32.2. The molecule has 2 unspecified atom stereocenters. The van der Waals surface area contributed by atoms with Crippen molar-refractivity contribution in [3.8, 4) is 0 Å². The second-order valence-corrected chi connectivity index (χ2v) is 14.8. The first kappa shape index (κ1) is 44.3. The van der Waals surface area contributed by atoms with Crippen LogP contribution in [0.2, 0.25) is 10.0 Å². The van der Waals surface area contributed by atoms with E-state index in [0.717, 1.165) is 11.1 Å². The van der Waals surface area contributed by atoms with E-state index in [2.05, 4.69) is 15.3 Å². The predicted molar refractivity (Wildman–Crippen MR) is 220 cm³/mol. The Hall–Kier alpha value is -5.37. The number of nitrogens with one attached hydrogen (secondary N) is 1. The predicted octanol–water partition coefficient (Wildman–Crippen LogP) is 5.94. The Bertz CT molecular complexity index is 2040. The van der Waals surface area contributed by atoms with E-state index in [4.69, 9.17) is 27.9 Å². The highest BCUT2D eigenvalue weighted by Gasteiger charge is 2.59. The lowest BCUT2D eigenvalue weighted by molar-refractivity contribution is -0.166. The number of esters is 1. The number of ether oxygens (including phenoxy) is 1. The fourth-order valence-corrected chi connectivity index (χ4v) is 7.29. The van der Waals surface area contributed by atoms with E-state index < -0.39 is 17.0 Å². The van der Waals surface area contributed by atoms with Crippen LogP contribution >= 0.6 is 23.2 Å². The van der Waals surface area contributed by atoms with Gasteiger partial charge in [-0.2, -0.15) is 0 Å². The number of anilines is 2. The molecule has 302 valence electrons. The quantitative estimate of drug-likeness (QED) is 0.203. The maximum atomic E-state index is 13.6. The van der Waals surface area contributed by atoms with Gasteiger partial charge in [-0.1, -0.05) is 74.5 Å². The third kappa shape index (κ3) is 9.44. The molecule has 3 aliphatic heterocycles. The van der Waals surface area contributed by atoms with Crippen LogP contribution in [0.3, 0.4) is 0 Å². The molecule has 3 aliphatic rings. The minimum Gasteiger partial charge on any atom is -0.468 e. The second-order valence-electron chi connectivity index (χ2n) is 13.9. The molecule has 4 aromatic rings. The Balaban J connectivity index is 0.000000248. The number of rotatable bonds is 9. The number of amides is 4. The largest absolute Gasteiger partial charge is 0.468 e. The van der Waals surface area contributed by atoms with Crippen molar-refractivity contribution >= 4 is 64.4 Å². The molecule has 2 aromatic heterocycles. The van der Waals surface area contributed by atoms with E-state index in [1.54, 1.807) is 82.9 Å². The lowest BCUT2D eigenvalue weighted by Crippen LogP contribution is -2.69. The third-order valence-corrected chi connectivity index (χ3v) is 10.5. The summed E-state index contributed by atoms with van der Waals surface area (Å²) in [5.74, 6) is -0.228. The fourth-order valence-electron chi connectivity index (χ4n) is 7.04. The molecule has 0 aliphatic carbocycles. The molecule has 1 N–H and O–H groups in total. The Kier molecular flexibility index (Phi) is 14.6. The smallest absolute Gasteiger partial charge is 0.328 e. The van der Waals surface area contributed by atoms with Crippen LogP contribution in [-0.4, -0.2) is 93.2 Å². The average molecular weight is 819 g/mol. The summed E-state index contributed by atoms with van der Waals surface area (Å²) in [6, 6.07) is 24.9. The standard InChI is InChI=1S/C22H23ClN4O3.C18H18ClN3O3.2CH4/c1-15(2)25-13-20(29)27(12-16-6-8-17(23)9-7-16)22(21(25)30)11-19(28)26(14-22)18-5-3-4-10-24-18;1-25-17(24)18(21-11-13-5-7-14(19)8-6-13)10-16(23)22(12-18)15-4-2-3-9-20-15;;/h3-10,15H,11-14H2,1-2H3;2-9,21H,10-12H2,1H3;2*1H4. The van der Waals surface area contributed by atoms with E-state index in [9.17, 15) is 24.0 Å². The summed E-state index contributed by atoms with van der Waals surface area (Å²) in [4.78, 5) is 79.3. The summed E-state index contributed by atoms with van der Waals surface area (Å²) in [5.41, 5.74) is -0.560. The number of carbonyl (C=O) groups is 5. The molecule has 7 rings (SSSR count). The fraction of sp³-hybridized carbons (Fsp3) is 0.357. The van der Waals surface area contributed by atoms with Gasteiger partial charge in [-0.25, -0.2) is 14.8 Å². The van der Waals surface area contributed by atoms with Crippen LogP contribution in [-0.2, 0) is 41.8 Å². The van der Waals surface area contributed by atoms with Crippen molar-refractivity contribution in [2.45, 2.75) is 71.8 Å². The molecule has 1 spiro atoms. The minimum absolute atomic E-state index is 0. The van der Waals surface area contributed by atoms with Gasteiger partial charge in [0, 0.05) is 41.6 Å². The summed E-state index contributed by atoms with van der Waals surface area (Å²) in [5, 5.41) is 4.44. The van der Waals surface area contributed by atoms with E-state index >= 15 is 0 Å². The van der Waals surface area contributed by atoms with E-state index in [-0.39, 0.29) is 83.5 Å². The van der Waals surface area contributed by atoms with Gasteiger partial charge < -0.3 is 14.5 Å². The summed E-state index contributed by atoms with van der Waals surface area (Å²) in [6.45, 7) is 4.66. The molecular weight excluding hydrogens is 769 g/mol. The number of hydrogen-bond acceptors (Lipinski definition) is 9. The van der Waals surface area contributed by atoms with Crippen LogP contribution in [0.5, 0.6) is 0 Å². The van der Waals surface area contributed by atoms with Gasteiger partial charge in [0.25, 0.3) is 5.91 Å². The van der Waals surface area contributed by atoms with Crippen molar-refractivity contribution in [2.75, 3.05) is 36.5 Å². The maximum Gasteiger partial charge on any atom is 0.328 e. The number of methoxy groups -OCH3 is 1. The summed E-state index contributed by atoms with van der Waals surface area (Å²) < 4.78 is 4.96. The first-order valence-electron chi connectivity index (χ1n) is 17.7. The van der Waals surface area contributed by atoms with Crippen LogP contribution in [0, 0.1) is 0 Å². The van der Waals surface area contributed by atoms with Gasteiger partial charge in [0.05, 0.1) is 33.0 Å². The van der Waals surface area contributed by atoms with E-state index in [0.29, 0.717) is 28.2 Å².